The summed E-state index contributed by atoms with van der Waals surface area (Å²) in [6, 6.07) is 0. The average Bonchev–Trinajstić information content (AvgIpc) is 1.61. The van der Waals surface area contributed by atoms with Crippen LogP contribution >= 0.6 is 0 Å². The van der Waals surface area contributed by atoms with Crippen molar-refractivity contribution in [3.8, 4) is 0 Å². The first-order chi connectivity index (χ1) is 3.63. The predicted octanol–water partition coefficient (Wildman–Crippen LogP) is -0.0188. The Morgan fingerprint density at radius 2 is 2.12 bits per heavy atom. The number of hydrogen-bond donors (Lipinski definition) is 3. The molecule has 0 unspecified atom stereocenters. The molecule has 0 radical (unpaired) electrons. The highest BCUT2D eigenvalue weighted by Gasteiger charge is 1.99. The lowest BCUT2D eigenvalue weighted by atomic mass is 11.2. The number of halogens is 2. The highest BCUT2D eigenvalue weighted by Crippen LogP contribution is 1.79. The quantitative estimate of drug-likeness (QED) is 0.360. The molecule has 0 rings (SSSR count). The highest BCUT2D eigenvalue weighted by molar-refractivity contribution is 5.63. The van der Waals surface area contributed by atoms with Gasteiger partial charge in [0, 0.05) is 0 Å². The summed E-state index contributed by atoms with van der Waals surface area (Å²) in [5.41, 5.74) is 2.42. The SMILES string of the molecule is O=C(O)NNC(F)F. The van der Waals surface area contributed by atoms with Crippen molar-refractivity contribution in [1.82, 2.24) is 10.9 Å². The average molecular weight is 126 g/mol. The van der Waals surface area contributed by atoms with E-state index in [-0.39, 0.29) is 0 Å². The molecule has 0 atom stereocenters. The standard InChI is InChI=1S/C2H4F2N2O2/c3-1(4)5-6-2(7)8/h1,5-6H,(H,7,8). The summed E-state index contributed by atoms with van der Waals surface area (Å²) < 4.78 is 21.9. The molecule has 48 valence electrons. The van der Waals surface area contributed by atoms with Gasteiger partial charge in [0.1, 0.15) is 0 Å². The van der Waals surface area contributed by atoms with E-state index in [0.29, 0.717) is 0 Å². The van der Waals surface area contributed by atoms with Crippen molar-refractivity contribution >= 4 is 6.09 Å². The summed E-state index contributed by atoms with van der Waals surface area (Å²) in [4.78, 5) is 9.40. The minimum atomic E-state index is -2.86. The Balaban J connectivity index is 3.05. The largest absolute Gasteiger partial charge is 0.464 e. The molecular formula is C2H4F2N2O2. The van der Waals surface area contributed by atoms with Gasteiger partial charge in [-0.05, 0) is 0 Å². The van der Waals surface area contributed by atoms with E-state index in [0.717, 1.165) is 5.43 Å². The van der Waals surface area contributed by atoms with Crippen LogP contribution in [0.2, 0.25) is 0 Å². The zero-order valence-electron chi connectivity index (χ0n) is 3.69. The Labute approximate surface area is 43.5 Å². The lowest BCUT2D eigenvalue weighted by molar-refractivity contribution is 0.0861. The number of carbonyl (C=O) groups is 1. The van der Waals surface area contributed by atoms with Crippen LogP contribution in [-0.2, 0) is 0 Å². The van der Waals surface area contributed by atoms with Crippen LogP contribution in [0.4, 0.5) is 13.6 Å². The lowest BCUT2D eigenvalue weighted by Crippen LogP contribution is -2.39. The second-order valence-electron chi connectivity index (χ2n) is 0.875. The monoisotopic (exact) mass is 126 g/mol. The molecule has 0 fully saturated rings. The summed E-state index contributed by atoms with van der Waals surface area (Å²) in [7, 11) is 0. The van der Waals surface area contributed by atoms with Gasteiger partial charge in [-0.15, -0.1) is 0 Å². The molecule has 0 saturated carbocycles. The fourth-order valence-corrected chi connectivity index (χ4v) is 0.116. The van der Waals surface area contributed by atoms with Gasteiger partial charge in [-0.25, -0.2) is 4.79 Å². The summed E-state index contributed by atoms with van der Waals surface area (Å²) in [6.45, 7) is -2.86. The third kappa shape index (κ3) is 5.09. The maximum absolute atomic E-state index is 11.0. The minimum absolute atomic E-state index is 1.16. The molecular weight excluding hydrogens is 122 g/mol. The van der Waals surface area contributed by atoms with Gasteiger partial charge in [0.25, 0.3) is 0 Å². The lowest BCUT2D eigenvalue weighted by Gasteiger charge is -1.98. The second-order valence-corrected chi connectivity index (χ2v) is 0.875. The molecule has 0 aliphatic carbocycles. The number of alkyl halides is 2. The molecule has 1 amide bonds. The van der Waals surface area contributed by atoms with E-state index in [1.165, 1.54) is 5.43 Å². The fourth-order valence-electron chi connectivity index (χ4n) is 0.116. The smallest absolute Gasteiger partial charge is 0.419 e. The van der Waals surface area contributed by atoms with E-state index in [1.54, 1.807) is 0 Å². The van der Waals surface area contributed by atoms with E-state index in [2.05, 4.69) is 0 Å². The van der Waals surface area contributed by atoms with Crippen LogP contribution in [0.1, 0.15) is 0 Å². The molecule has 0 saturated heterocycles. The number of hydrogen-bond acceptors (Lipinski definition) is 2. The van der Waals surface area contributed by atoms with Crippen molar-refractivity contribution in [3.05, 3.63) is 0 Å². The number of carboxylic acid groups (broad SMARTS) is 1. The number of rotatable bonds is 2. The molecule has 0 bridgehead atoms. The van der Waals surface area contributed by atoms with E-state index < -0.39 is 12.6 Å². The van der Waals surface area contributed by atoms with E-state index in [1.807, 2.05) is 0 Å². The molecule has 0 spiro atoms. The van der Waals surface area contributed by atoms with Crippen LogP contribution in [0.25, 0.3) is 0 Å². The van der Waals surface area contributed by atoms with Gasteiger partial charge in [-0.3, -0.25) is 5.43 Å². The number of hydrazine groups is 1. The van der Waals surface area contributed by atoms with Gasteiger partial charge in [-0.1, -0.05) is 0 Å². The Hall–Kier alpha value is -0.910. The van der Waals surface area contributed by atoms with Crippen LogP contribution in [0.3, 0.4) is 0 Å². The number of nitrogens with one attached hydrogen (secondary N) is 2. The summed E-state index contributed by atoms with van der Waals surface area (Å²) in [6.07, 6.45) is -1.54. The maximum atomic E-state index is 11.0. The zero-order valence-corrected chi connectivity index (χ0v) is 3.69. The van der Waals surface area contributed by atoms with Crippen LogP contribution < -0.4 is 10.9 Å². The third-order valence-electron chi connectivity index (χ3n) is 0.288. The van der Waals surface area contributed by atoms with Crippen molar-refractivity contribution in [3.63, 3.8) is 0 Å². The highest BCUT2D eigenvalue weighted by atomic mass is 19.3. The van der Waals surface area contributed by atoms with E-state index in [9.17, 15) is 13.6 Å². The van der Waals surface area contributed by atoms with Crippen molar-refractivity contribution in [1.29, 1.82) is 0 Å². The first kappa shape index (κ1) is 7.09. The van der Waals surface area contributed by atoms with Crippen LogP contribution in [0.5, 0.6) is 0 Å². The zero-order chi connectivity index (χ0) is 6.57. The Bertz CT molecular complexity index is 86.1. The number of amides is 1. The molecule has 6 heteroatoms. The Kier molecular flexibility index (Phi) is 2.78. The Morgan fingerprint density at radius 3 is 2.25 bits per heavy atom. The fraction of sp³-hybridized carbons (Fsp3) is 0.500. The van der Waals surface area contributed by atoms with Crippen LogP contribution in [0.15, 0.2) is 0 Å². The van der Waals surface area contributed by atoms with Crippen LogP contribution in [-0.4, -0.2) is 17.7 Å². The maximum Gasteiger partial charge on any atom is 0.419 e. The predicted molar refractivity (Wildman–Crippen MR) is 20.3 cm³/mol. The normalized spacial score (nSPS) is 9.38. The van der Waals surface area contributed by atoms with E-state index >= 15 is 0 Å². The van der Waals surface area contributed by atoms with Crippen molar-refractivity contribution in [2.75, 3.05) is 0 Å². The van der Waals surface area contributed by atoms with Gasteiger partial charge in [0.05, 0.1) is 0 Å². The third-order valence-corrected chi connectivity index (χ3v) is 0.288. The Morgan fingerprint density at radius 1 is 1.62 bits per heavy atom. The van der Waals surface area contributed by atoms with E-state index in [4.69, 9.17) is 5.11 Å². The first-order valence-electron chi connectivity index (χ1n) is 1.65. The summed E-state index contributed by atoms with van der Waals surface area (Å²) in [5.74, 6) is 0. The van der Waals surface area contributed by atoms with Gasteiger partial charge in [-0.2, -0.15) is 14.2 Å². The summed E-state index contributed by atoms with van der Waals surface area (Å²) in [5, 5.41) is 7.66. The molecule has 8 heavy (non-hydrogen) atoms. The second kappa shape index (κ2) is 3.14. The van der Waals surface area contributed by atoms with Gasteiger partial charge in [0.15, 0.2) is 0 Å². The molecule has 4 nitrogen and oxygen atoms in total. The molecule has 3 N–H and O–H groups in total. The van der Waals surface area contributed by atoms with Gasteiger partial charge < -0.3 is 5.11 Å². The van der Waals surface area contributed by atoms with Crippen molar-refractivity contribution < 1.29 is 18.7 Å². The van der Waals surface area contributed by atoms with Gasteiger partial charge in [0.2, 0.25) is 0 Å². The molecule has 0 aliphatic heterocycles. The molecule has 0 aromatic heterocycles. The first-order valence-corrected chi connectivity index (χ1v) is 1.65. The van der Waals surface area contributed by atoms with Crippen LogP contribution in [0, 0.1) is 0 Å². The molecule has 0 aromatic carbocycles. The topological polar surface area (TPSA) is 61.4 Å². The molecule has 0 heterocycles. The molecule has 0 aromatic rings. The van der Waals surface area contributed by atoms with Gasteiger partial charge >= 0.3 is 12.6 Å². The molecule has 0 aliphatic rings. The minimum Gasteiger partial charge on any atom is -0.464 e. The van der Waals surface area contributed by atoms with Crippen molar-refractivity contribution in [2.45, 2.75) is 6.55 Å². The van der Waals surface area contributed by atoms with Crippen molar-refractivity contribution in [2.24, 2.45) is 0 Å². The summed E-state index contributed by atoms with van der Waals surface area (Å²) >= 11 is 0.